The van der Waals surface area contributed by atoms with Gasteiger partial charge in [0.1, 0.15) is 10.6 Å². The van der Waals surface area contributed by atoms with Crippen molar-refractivity contribution in [3.63, 3.8) is 0 Å². The van der Waals surface area contributed by atoms with E-state index in [0.717, 1.165) is 25.2 Å². The van der Waals surface area contributed by atoms with E-state index in [1.54, 1.807) is 16.4 Å². The number of hydrogen-bond acceptors (Lipinski definition) is 4. The number of sulfonamides is 1. The van der Waals surface area contributed by atoms with Crippen molar-refractivity contribution < 1.29 is 13.2 Å². The van der Waals surface area contributed by atoms with Gasteiger partial charge in [0.2, 0.25) is 10.0 Å². The van der Waals surface area contributed by atoms with Crippen LogP contribution in [0.1, 0.15) is 19.4 Å². The van der Waals surface area contributed by atoms with E-state index in [2.05, 4.69) is 11.8 Å². The van der Waals surface area contributed by atoms with Crippen LogP contribution in [0.2, 0.25) is 0 Å². The third kappa shape index (κ3) is 3.56. The van der Waals surface area contributed by atoms with E-state index < -0.39 is 10.0 Å². The van der Waals surface area contributed by atoms with Crippen LogP contribution in [-0.2, 0) is 10.0 Å². The fraction of sp³-hybridized carbons (Fsp3) is 0.600. The van der Waals surface area contributed by atoms with Crippen LogP contribution in [0.25, 0.3) is 0 Å². The van der Waals surface area contributed by atoms with Crippen LogP contribution in [0.4, 0.5) is 0 Å². The number of ether oxygens (including phenoxy) is 1. The molecule has 118 valence electrons. The zero-order chi connectivity index (χ0) is 15.5. The van der Waals surface area contributed by atoms with Crippen molar-refractivity contribution in [2.45, 2.75) is 25.7 Å². The molecule has 1 aromatic rings. The Morgan fingerprint density at radius 1 is 1.14 bits per heavy atom. The van der Waals surface area contributed by atoms with Crippen molar-refractivity contribution in [1.29, 1.82) is 0 Å². The molecule has 21 heavy (non-hydrogen) atoms. The Bertz CT molecular complexity index is 579. The Kier molecular flexibility index (Phi) is 5.24. The molecular formula is C15H24N2O3S. The average Bonchev–Trinajstić information content (AvgIpc) is 2.49. The highest BCUT2D eigenvalue weighted by molar-refractivity contribution is 7.89. The first-order valence-corrected chi connectivity index (χ1v) is 8.89. The normalized spacial score (nSPS) is 17.9. The summed E-state index contributed by atoms with van der Waals surface area (Å²) in [6.45, 7) is 9.90. The molecule has 5 nitrogen and oxygen atoms in total. The van der Waals surface area contributed by atoms with Crippen LogP contribution in [0.15, 0.2) is 23.1 Å². The van der Waals surface area contributed by atoms with Gasteiger partial charge in [-0.2, -0.15) is 4.31 Å². The number of piperazine rings is 1. The van der Waals surface area contributed by atoms with Gasteiger partial charge in [0.15, 0.2) is 0 Å². The topological polar surface area (TPSA) is 49.9 Å². The largest absolute Gasteiger partial charge is 0.492 e. The molecule has 0 unspecified atom stereocenters. The second kappa shape index (κ2) is 6.77. The van der Waals surface area contributed by atoms with Crippen LogP contribution in [0, 0.1) is 6.92 Å². The molecule has 2 rings (SSSR count). The molecule has 0 atom stereocenters. The van der Waals surface area contributed by atoms with E-state index in [4.69, 9.17) is 4.74 Å². The Labute approximate surface area is 127 Å². The summed E-state index contributed by atoms with van der Waals surface area (Å²) < 4.78 is 32.8. The summed E-state index contributed by atoms with van der Waals surface area (Å²) in [6, 6.07) is 5.32. The molecule has 1 aliphatic heterocycles. The molecule has 1 saturated heterocycles. The summed E-state index contributed by atoms with van der Waals surface area (Å²) in [7, 11) is -3.49. The van der Waals surface area contributed by atoms with Gasteiger partial charge in [0.25, 0.3) is 0 Å². The second-order valence-corrected chi connectivity index (χ2v) is 7.13. The molecule has 0 spiro atoms. The van der Waals surface area contributed by atoms with Gasteiger partial charge in [-0.05, 0) is 38.1 Å². The van der Waals surface area contributed by atoms with E-state index >= 15 is 0 Å². The van der Waals surface area contributed by atoms with Crippen LogP contribution in [0.5, 0.6) is 5.75 Å². The maximum Gasteiger partial charge on any atom is 0.246 e. The summed E-state index contributed by atoms with van der Waals surface area (Å²) in [5, 5.41) is 0. The van der Waals surface area contributed by atoms with Gasteiger partial charge in [-0.1, -0.05) is 13.0 Å². The SMILES string of the molecule is CCOc1ccc(C)cc1S(=O)(=O)N1CCN(CC)CC1. The standard InChI is InChI=1S/C15H24N2O3S/c1-4-16-8-10-17(11-9-16)21(18,19)15-12-13(3)6-7-14(15)20-5-2/h6-7,12H,4-5,8-11H2,1-3H3. The highest BCUT2D eigenvalue weighted by atomic mass is 32.2. The lowest BCUT2D eigenvalue weighted by molar-refractivity contribution is 0.196. The van der Waals surface area contributed by atoms with Crippen LogP contribution < -0.4 is 4.74 Å². The summed E-state index contributed by atoms with van der Waals surface area (Å²) in [6.07, 6.45) is 0. The van der Waals surface area contributed by atoms with Crippen molar-refractivity contribution in [1.82, 2.24) is 9.21 Å². The van der Waals surface area contributed by atoms with E-state index in [1.165, 1.54) is 0 Å². The number of likely N-dealkylation sites (N-methyl/N-ethyl adjacent to an activating group) is 1. The van der Waals surface area contributed by atoms with E-state index in [-0.39, 0.29) is 4.90 Å². The van der Waals surface area contributed by atoms with Crippen LogP contribution >= 0.6 is 0 Å². The quantitative estimate of drug-likeness (QED) is 0.831. The highest BCUT2D eigenvalue weighted by Gasteiger charge is 2.30. The Balaban J connectivity index is 2.29. The molecule has 1 aromatic carbocycles. The third-order valence-electron chi connectivity index (χ3n) is 3.80. The van der Waals surface area contributed by atoms with Crippen molar-refractivity contribution in [3.8, 4) is 5.75 Å². The van der Waals surface area contributed by atoms with Gasteiger partial charge in [0, 0.05) is 26.2 Å². The predicted octanol–water partition coefficient (Wildman–Crippen LogP) is 1.72. The van der Waals surface area contributed by atoms with Crippen LogP contribution in [-0.4, -0.2) is 57.0 Å². The van der Waals surface area contributed by atoms with E-state index in [0.29, 0.717) is 25.4 Å². The zero-order valence-corrected chi connectivity index (χ0v) is 13.8. The first kappa shape index (κ1) is 16.3. The average molecular weight is 312 g/mol. The fourth-order valence-electron chi connectivity index (χ4n) is 2.52. The molecule has 0 bridgehead atoms. The molecular weight excluding hydrogens is 288 g/mol. The predicted molar refractivity (Wildman–Crippen MR) is 83.2 cm³/mol. The highest BCUT2D eigenvalue weighted by Crippen LogP contribution is 2.28. The summed E-state index contributed by atoms with van der Waals surface area (Å²) in [5.41, 5.74) is 0.921. The number of aryl methyl sites for hydroxylation is 1. The summed E-state index contributed by atoms with van der Waals surface area (Å²) >= 11 is 0. The Hall–Kier alpha value is -1.11. The molecule has 0 N–H and O–H groups in total. The smallest absolute Gasteiger partial charge is 0.246 e. The van der Waals surface area contributed by atoms with Gasteiger partial charge in [-0.15, -0.1) is 0 Å². The first-order valence-electron chi connectivity index (χ1n) is 7.45. The fourth-order valence-corrected chi connectivity index (χ4v) is 4.16. The lowest BCUT2D eigenvalue weighted by atomic mass is 10.2. The number of nitrogens with zero attached hydrogens (tertiary/aromatic N) is 2. The Morgan fingerprint density at radius 3 is 2.38 bits per heavy atom. The van der Waals surface area contributed by atoms with Gasteiger partial charge >= 0.3 is 0 Å². The molecule has 0 radical (unpaired) electrons. The summed E-state index contributed by atoms with van der Waals surface area (Å²) in [4.78, 5) is 2.54. The zero-order valence-electron chi connectivity index (χ0n) is 13.0. The van der Waals surface area contributed by atoms with Crippen molar-refractivity contribution in [2.75, 3.05) is 39.3 Å². The van der Waals surface area contributed by atoms with Gasteiger partial charge in [0.05, 0.1) is 6.61 Å². The minimum absolute atomic E-state index is 0.286. The minimum Gasteiger partial charge on any atom is -0.492 e. The third-order valence-corrected chi connectivity index (χ3v) is 5.72. The summed E-state index contributed by atoms with van der Waals surface area (Å²) in [5.74, 6) is 0.445. The molecule has 0 amide bonds. The van der Waals surface area contributed by atoms with E-state index in [9.17, 15) is 8.42 Å². The number of benzene rings is 1. The van der Waals surface area contributed by atoms with Gasteiger partial charge in [-0.25, -0.2) is 8.42 Å². The maximum atomic E-state index is 12.9. The molecule has 0 saturated carbocycles. The molecule has 1 fully saturated rings. The van der Waals surface area contributed by atoms with Gasteiger partial charge < -0.3 is 9.64 Å². The number of rotatable bonds is 5. The molecule has 6 heteroatoms. The maximum absolute atomic E-state index is 12.9. The Morgan fingerprint density at radius 2 is 1.81 bits per heavy atom. The first-order chi connectivity index (χ1) is 9.98. The molecule has 0 aromatic heterocycles. The molecule has 1 aliphatic rings. The monoisotopic (exact) mass is 312 g/mol. The minimum atomic E-state index is -3.49. The number of hydrogen-bond donors (Lipinski definition) is 0. The van der Waals surface area contributed by atoms with Gasteiger partial charge in [-0.3, -0.25) is 0 Å². The van der Waals surface area contributed by atoms with Crippen molar-refractivity contribution >= 4 is 10.0 Å². The van der Waals surface area contributed by atoms with Crippen LogP contribution in [0.3, 0.4) is 0 Å². The second-order valence-electron chi connectivity index (χ2n) is 5.22. The lowest BCUT2D eigenvalue weighted by Crippen LogP contribution is -2.48. The molecule has 0 aliphatic carbocycles. The van der Waals surface area contributed by atoms with Crippen molar-refractivity contribution in [2.24, 2.45) is 0 Å². The van der Waals surface area contributed by atoms with Crippen molar-refractivity contribution in [3.05, 3.63) is 23.8 Å². The van der Waals surface area contributed by atoms with E-state index in [1.807, 2.05) is 19.9 Å². The molecule has 1 heterocycles. The lowest BCUT2D eigenvalue weighted by Gasteiger charge is -2.33.